The van der Waals surface area contributed by atoms with Crippen molar-refractivity contribution in [3.8, 4) is 0 Å². The van der Waals surface area contributed by atoms with Crippen LogP contribution in [0, 0.1) is 15.5 Å². The lowest BCUT2D eigenvalue weighted by Crippen LogP contribution is -2.56. The number of anilines is 1. The molecule has 1 heterocycles. The van der Waals surface area contributed by atoms with Crippen molar-refractivity contribution in [3.63, 3.8) is 0 Å². The van der Waals surface area contributed by atoms with Gasteiger partial charge in [-0.15, -0.1) is 0 Å². The topological polar surface area (TPSA) is 92.7 Å². The molecule has 2 N–H and O–H groups in total. The molecule has 0 spiro atoms. The Labute approximate surface area is 155 Å². The molecule has 27 heavy (non-hydrogen) atoms. The second kappa shape index (κ2) is 7.34. The summed E-state index contributed by atoms with van der Waals surface area (Å²) in [5, 5.41) is 11.2. The zero-order chi connectivity index (χ0) is 20.6. The predicted molar refractivity (Wildman–Crippen MR) is 94.3 cm³/mol. The molecule has 0 aliphatic carbocycles. The zero-order valence-corrected chi connectivity index (χ0v) is 15.4. The number of hydrogen-bond acceptors (Lipinski definition) is 5. The normalized spacial score (nSPS) is 17.0. The number of nitrogens with zero attached hydrogens (tertiary/aromatic N) is 3. The van der Waals surface area contributed by atoms with Crippen LogP contribution in [0.15, 0.2) is 18.2 Å². The van der Waals surface area contributed by atoms with E-state index in [4.69, 9.17) is 5.73 Å². The Balaban J connectivity index is 2.16. The number of piperazine rings is 1. The summed E-state index contributed by atoms with van der Waals surface area (Å²) in [4.78, 5) is 26.1. The molecule has 0 unspecified atom stereocenters. The lowest BCUT2D eigenvalue weighted by Gasteiger charge is -2.38. The van der Waals surface area contributed by atoms with E-state index in [1.807, 2.05) is 20.8 Å². The average molecular weight is 388 g/mol. The van der Waals surface area contributed by atoms with Gasteiger partial charge in [0.05, 0.1) is 16.5 Å². The van der Waals surface area contributed by atoms with Gasteiger partial charge in [-0.05, 0) is 17.5 Å². The van der Waals surface area contributed by atoms with Crippen molar-refractivity contribution >= 4 is 17.3 Å². The molecule has 1 saturated heterocycles. The molecule has 7 nitrogen and oxygen atoms in total. The Morgan fingerprint density at radius 3 is 2.19 bits per heavy atom. The minimum atomic E-state index is -4.66. The van der Waals surface area contributed by atoms with Crippen molar-refractivity contribution in [2.45, 2.75) is 33.0 Å². The molecule has 1 fully saturated rings. The SMILES string of the molecule is CC(C)(C)[C@H](N)C(=O)N1CCN(c2ccc(C(F)(F)F)cc2[N+](=O)[O-])CC1. The number of nitrogens with two attached hydrogens (primary N) is 1. The van der Waals surface area contributed by atoms with E-state index in [1.165, 1.54) is 0 Å². The number of hydrogen-bond donors (Lipinski definition) is 1. The lowest BCUT2D eigenvalue weighted by atomic mass is 9.86. The number of carbonyl (C=O) groups is 1. The van der Waals surface area contributed by atoms with Crippen LogP contribution < -0.4 is 10.6 Å². The summed E-state index contributed by atoms with van der Waals surface area (Å²) in [5.41, 5.74) is 4.03. The van der Waals surface area contributed by atoms with Crippen LogP contribution in [-0.2, 0) is 11.0 Å². The Morgan fingerprint density at radius 1 is 1.19 bits per heavy atom. The summed E-state index contributed by atoms with van der Waals surface area (Å²) in [7, 11) is 0. The Bertz CT molecular complexity index is 723. The fourth-order valence-electron chi connectivity index (χ4n) is 2.85. The number of rotatable bonds is 3. The van der Waals surface area contributed by atoms with Crippen molar-refractivity contribution in [1.82, 2.24) is 4.90 Å². The Hall–Kier alpha value is -2.36. The monoisotopic (exact) mass is 388 g/mol. The van der Waals surface area contributed by atoms with Gasteiger partial charge in [-0.25, -0.2) is 0 Å². The highest BCUT2D eigenvalue weighted by atomic mass is 19.4. The van der Waals surface area contributed by atoms with Gasteiger partial charge in [0.15, 0.2) is 0 Å². The van der Waals surface area contributed by atoms with Crippen LogP contribution in [0.5, 0.6) is 0 Å². The largest absolute Gasteiger partial charge is 0.416 e. The van der Waals surface area contributed by atoms with Crippen molar-refractivity contribution < 1.29 is 22.9 Å². The molecule has 1 aromatic rings. The van der Waals surface area contributed by atoms with Gasteiger partial charge < -0.3 is 15.5 Å². The van der Waals surface area contributed by atoms with Crippen LogP contribution >= 0.6 is 0 Å². The van der Waals surface area contributed by atoms with Crippen LogP contribution in [-0.4, -0.2) is 48.0 Å². The quantitative estimate of drug-likeness (QED) is 0.635. The van der Waals surface area contributed by atoms with E-state index < -0.39 is 33.8 Å². The molecule has 0 radical (unpaired) electrons. The third-order valence-corrected chi connectivity index (χ3v) is 4.63. The average Bonchev–Trinajstić information content (AvgIpc) is 2.58. The molecule has 1 aliphatic heterocycles. The minimum Gasteiger partial charge on any atom is -0.362 e. The van der Waals surface area contributed by atoms with E-state index >= 15 is 0 Å². The van der Waals surface area contributed by atoms with Crippen LogP contribution in [0.3, 0.4) is 0 Å². The maximum atomic E-state index is 12.8. The standard InChI is InChI=1S/C17H23F3N4O3/c1-16(2,3)14(21)15(25)23-8-6-22(7-9-23)12-5-4-11(17(18,19)20)10-13(12)24(26)27/h4-5,10,14H,6-9,21H2,1-3H3/t14-/m1/s1. The second-order valence-electron chi connectivity index (χ2n) is 7.61. The van der Waals surface area contributed by atoms with Crippen molar-refractivity contribution in [3.05, 3.63) is 33.9 Å². The third-order valence-electron chi connectivity index (χ3n) is 4.63. The van der Waals surface area contributed by atoms with Crippen molar-refractivity contribution in [2.24, 2.45) is 11.1 Å². The molecule has 150 valence electrons. The Kier molecular flexibility index (Phi) is 5.69. The fraction of sp³-hybridized carbons (Fsp3) is 0.588. The zero-order valence-electron chi connectivity index (χ0n) is 15.4. The third kappa shape index (κ3) is 4.68. The lowest BCUT2D eigenvalue weighted by molar-refractivity contribution is -0.384. The van der Waals surface area contributed by atoms with Gasteiger partial charge in [0, 0.05) is 32.2 Å². The van der Waals surface area contributed by atoms with E-state index in [0.29, 0.717) is 19.2 Å². The molecular formula is C17H23F3N4O3. The number of nitro groups is 1. The molecule has 1 atom stereocenters. The van der Waals surface area contributed by atoms with Crippen LogP contribution in [0.4, 0.5) is 24.5 Å². The number of alkyl halides is 3. The minimum absolute atomic E-state index is 0.111. The number of amides is 1. The maximum absolute atomic E-state index is 12.8. The first-order valence-electron chi connectivity index (χ1n) is 8.47. The highest BCUT2D eigenvalue weighted by Crippen LogP contribution is 2.36. The molecule has 0 aromatic heterocycles. The van der Waals surface area contributed by atoms with Gasteiger partial charge in [0.1, 0.15) is 5.69 Å². The molecule has 1 aromatic carbocycles. The van der Waals surface area contributed by atoms with Crippen molar-refractivity contribution in [1.29, 1.82) is 0 Å². The summed E-state index contributed by atoms with van der Waals surface area (Å²) in [6, 6.07) is 1.81. The first kappa shape index (κ1) is 20.9. The van der Waals surface area contributed by atoms with Crippen LogP contribution in [0.2, 0.25) is 0 Å². The maximum Gasteiger partial charge on any atom is 0.416 e. The molecule has 2 rings (SSSR count). The van der Waals surface area contributed by atoms with Gasteiger partial charge in [-0.1, -0.05) is 20.8 Å². The van der Waals surface area contributed by atoms with Gasteiger partial charge in [0.2, 0.25) is 5.91 Å². The smallest absolute Gasteiger partial charge is 0.362 e. The van der Waals surface area contributed by atoms with Gasteiger partial charge in [-0.3, -0.25) is 14.9 Å². The summed E-state index contributed by atoms with van der Waals surface area (Å²) in [5.74, 6) is -0.205. The van der Waals surface area contributed by atoms with E-state index in [-0.39, 0.29) is 24.7 Å². The molecule has 1 amide bonds. The highest BCUT2D eigenvalue weighted by Gasteiger charge is 2.36. The first-order chi connectivity index (χ1) is 12.3. The first-order valence-corrected chi connectivity index (χ1v) is 8.47. The molecule has 0 saturated carbocycles. The highest BCUT2D eigenvalue weighted by molar-refractivity contribution is 5.82. The van der Waals surface area contributed by atoms with E-state index in [2.05, 4.69) is 0 Å². The molecule has 10 heteroatoms. The Morgan fingerprint density at radius 2 is 1.74 bits per heavy atom. The number of nitro benzene ring substituents is 1. The van der Waals surface area contributed by atoms with Gasteiger partial charge in [0.25, 0.3) is 5.69 Å². The summed E-state index contributed by atoms with van der Waals surface area (Å²) in [6.45, 7) is 6.71. The summed E-state index contributed by atoms with van der Waals surface area (Å²) < 4.78 is 38.5. The number of carbonyl (C=O) groups excluding carboxylic acids is 1. The van der Waals surface area contributed by atoms with Crippen molar-refractivity contribution in [2.75, 3.05) is 31.1 Å². The van der Waals surface area contributed by atoms with Gasteiger partial charge in [-0.2, -0.15) is 13.2 Å². The van der Waals surface area contributed by atoms with E-state index in [9.17, 15) is 28.1 Å². The predicted octanol–water partition coefficient (Wildman–Crippen LogP) is 2.64. The van der Waals surface area contributed by atoms with E-state index in [0.717, 1.165) is 12.1 Å². The summed E-state index contributed by atoms with van der Waals surface area (Å²) >= 11 is 0. The summed E-state index contributed by atoms with van der Waals surface area (Å²) in [6.07, 6.45) is -4.66. The molecular weight excluding hydrogens is 365 g/mol. The van der Waals surface area contributed by atoms with E-state index in [1.54, 1.807) is 9.80 Å². The number of halogens is 3. The van der Waals surface area contributed by atoms with Crippen LogP contribution in [0.1, 0.15) is 26.3 Å². The molecule has 0 bridgehead atoms. The second-order valence-corrected chi connectivity index (χ2v) is 7.61. The van der Waals surface area contributed by atoms with Crippen LogP contribution in [0.25, 0.3) is 0 Å². The molecule has 1 aliphatic rings. The number of benzene rings is 1. The fourth-order valence-corrected chi connectivity index (χ4v) is 2.85. The van der Waals surface area contributed by atoms with Gasteiger partial charge >= 0.3 is 6.18 Å².